The zero-order valence-electron chi connectivity index (χ0n) is 8.53. The molecule has 0 unspecified atom stereocenters. The fourth-order valence-corrected chi connectivity index (χ4v) is 1.98. The minimum Gasteiger partial charge on any atom is -0.397 e. The number of hydrogen-bond acceptors (Lipinski definition) is 2. The van der Waals surface area contributed by atoms with Crippen LogP contribution in [-0.4, -0.2) is 13.1 Å². The number of hydrogen-bond donors (Lipinski definition) is 1. The number of anilines is 2. The largest absolute Gasteiger partial charge is 0.397 e. The van der Waals surface area contributed by atoms with Crippen molar-refractivity contribution in [2.45, 2.75) is 13.3 Å². The number of nitrogens with two attached hydrogens (primary N) is 1. The third kappa shape index (κ3) is 1.48. The molecule has 2 heteroatoms. The molecule has 1 aliphatic rings. The number of allylic oxidation sites excluding steroid dienone is 1. The molecule has 0 radical (unpaired) electrons. The van der Waals surface area contributed by atoms with E-state index in [4.69, 9.17) is 5.73 Å². The highest BCUT2D eigenvalue weighted by Gasteiger charge is 2.19. The maximum absolute atomic E-state index is 5.97. The van der Waals surface area contributed by atoms with Gasteiger partial charge in [0.2, 0.25) is 0 Å². The molecule has 0 atom stereocenters. The van der Waals surface area contributed by atoms with E-state index in [0.717, 1.165) is 25.2 Å². The molecule has 1 aromatic rings. The molecule has 0 fully saturated rings. The van der Waals surface area contributed by atoms with Crippen molar-refractivity contribution in [2.75, 3.05) is 23.7 Å². The van der Waals surface area contributed by atoms with Gasteiger partial charge in [0.05, 0.1) is 11.4 Å². The van der Waals surface area contributed by atoms with Crippen LogP contribution in [-0.2, 0) is 6.42 Å². The van der Waals surface area contributed by atoms with Crippen molar-refractivity contribution in [3.05, 3.63) is 35.9 Å². The van der Waals surface area contributed by atoms with E-state index in [-0.39, 0.29) is 0 Å². The van der Waals surface area contributed by atoms with E-state index < -0.39 is 0 Å². The number of rotatable bonds is 2. The van der Waals surface area contributed by atoms with Gasteiger partial charge < -0.3 is 10.6 Å². The molecule has 0 spiro atoms. The first kappa shape index (κ1) is 9.13. The van der Waals surface area contributed by atoms with Gasteiger partial charge in [-0.05, 0) is 25.0 Å². The maximum Gasteiger partial charge on any atom is 0.0636 e. The molecule has 74 valence electrons. The standard InChI is InChI=1S/C12H16N2/c1-2-3-8-14-9-7-10-5-4-6-11(13)12(10)14/h2-6H,7-9,13H2,1H3/b3-2+. The summed E-state index contributed by atoms with van der Waals surface area (Å²) in [6.45, 7) is 4.11. The Bertz CT molecular complexity index is 355. The summed E-state index contributed by atoms with van der Waals surface area (Å²) in [6.07, 6.45) is 5.37. The minimum absolute atomic E-state index is 0.907. The van der Waals surface area contributed by atoms with E-state index in [2.05, 4.69) is 23.1 Å². The number of para-hydroxylation sites is 1. The highest BCUT2D eigenvalue weighted by molar-refractivity contribution is 5.74. The minimum atomic E-state index is 0.907. The predicted molar refractivity (Wildman–Crippen MR) is 61.6 cm³/mol. The second kappa shape index (κ2) is 3.74. The van der Waals surface area contributed by atoms with Gasteiger partial charge in [0.25, 0.3) is 0 Å². The average Bonchev–Trinajstić information content (AvgIpc) is 2.59. The van der Waals surface area contributed by atoms with Crippen LogP contribution in [0.1, 0.15) is 12.5 Å². The van der Waals surface area contributed by atoms with Crippen LogP contribution in [0.5, 0.6) is 0 Å². The molecule has 2 N–H and O–H groups in total. The Morgan fingerprint density at radius 3 is 3.14 bits per heavy atom. The highest BCUT2D eigenvalue weighted by Crippen LogP contribution is 2.33. The van der Waals surface area contributed by atoms with Crippen molar-refractivity contribution in [2.24, 2.45) is 0 Å². The quantitative estimate of drug-likeness (QED) is 0.569. The molecule has 0 bridgehead atoms. The summed E-state index contributed by atoms with van der Waals surface area (Å²) in [7, 11) is 0. The first-order valence-electron chi connectivity index (χ1n) is 5.06. The van der Waals surface area contributed by atoms with Crippen LogP contribution in [0.25, 0.3) is 0 Å². The van der Waals surface area contributed by atoms with E-state index in [0.29, 0.717) is 0 Å². The van der Waals surface area contributed by atoms with Crippen LogP contribution in [0.15, 0.2) is 30.4 Å². The summed E-state index contributed by atoms with van der Waals surface area (Å²) in [5.74, 6) is 0. The Balaban J connectivity index is 2.28. The zero-order valence-corrected chi connectivity index (χ0v) is 8.53. The summed E-state index contributed by atoms with van der Waals surface area (Å²) in [4.78, 5) is 2.34. The van der Waals surface area contributed by atoms with Crippen molar-refractivity contribution in [3.63, 3.8) is 0 Å². The number of fused-ring (bicyclic) bond motifs is 1. The van der Waals surface area contributed by atoms with Gasteiger partial charge in [0.15, 0.2) is 0 Å². The smallest absolute Gasteiger partial charge is 0.0636 e. The second-order valence-corrected chi connectivity index (χ2v) is 3.62. The predicted octanol–water partition coefficient (Wildman–Crippen LogP) is 2.21. The van der Waals surface area contributed by atoms with Gasteiger partial charge in [0.1, 0.15) is 0 Å². The SMILES string of the molecule is C/C=C/CN1CCc2cccc(N)c21. The Hall–Kier alpha value is -1.44. The van der Waals surface area contributed by atoms with Crippen molar-refractivity contribution < 1.29 is 0 Å². The van der Waals surface area contributed by atoms with Crippen LogP contribution in [0.3, 0.4) is 0 Å². The molecule has 1 heterocycles. The van der Waals surface area contributed by atoms with Crippen LogP contribution in [0.2, 0.25) is 0 Å². The van der Waals surface area contributed by atoms with E-state index in [1.54, 1.807) is 0 Å². The number of nitrogen functional groups attached to an aromatic ring is 1. The number of nitrogens with zero attached hydrogens (tertiary/aromatic N) is 1. The molecule has 1 aromatic carbocycles. The van der Waals surface area contributed by atoms with E-state index in [1.807, 2.05) is 19.1 Å². The molecule has 2 nitrogen and oxygen atoms in total. The van der Waals surface area contributed by atoms with Gasteiger partial charge in [-0.3, -0.25) is 0 Å². The lowest BCUT2D eigenvalue weighted by Gasteiger charge is -2.18. The van der Waals surface area contributed by atoms with Crippen LogP contribution >= 0.6 is 0 Å². The second-order valence-electron chi connectivity index (χ2n) is 3.62. The monoisotopic (exact) mass is 188 g/mol. The van der Waals surface area contributed by atoms with Crippen LogP contribution < -0.4 is 10.6 Å². The topological polar surface area (TPSA) is 29.3 Å². The third-order valence-corrected chi connectivity index (χ3v) is 2.68. The molecule has 1 aliphatic heterocycles. The highest BCUT2D eigenvalue weighted by atomic mass is 15.2. The molecule has 0 saturated carbocycles. The lowest BCUT2D eigenvalue weighted by Crippen LogP contribution is -2.21. The molecule has 0 aliphatic carbocycles. The van der Waals surface area contributed by atoms with Crippen molar-refractivity contribution >= 4 is 11.4 Å². The van der Waals surface area contributed by atoms with Gasteiger partial charge in [-0.25, -0.2) is 0 Å². The Kier molecular flexibility index (Phi) is 2.44. The molecule has 2 rings (SSSR count). The summed E-state index contributed by atoms with van der Waals surface area (Å²) in [6, 6.07) is 6.18. The first-order valence-corrected chi connectivity index (χ1v) is 5.06. The number of benzene rings is 1. The maximum atomic E-state index is 5.97. The van der Waals surface area contributed by atoms with Gasteiger partial charge in [-0.1, -0.05) is 24.3 Å². The van der Waals surface area contributed by atoms with Gasteiger partial charge in [0, 0.05) is 13.1 Å². The van der Waals surface area contributed by atoms with Crippen molar-refractivity contribution in [1.29, 1.82) is 0 Å². The molecule has 0 amide bonds. The molecule has 0 saturated heterocycles. The Morgan fingerprint density at radius 2 is 2.36 bits per heavy atom. The van der Waals surface area contributed by atoms with Crippen LogP contribution in [0.4, 0.5) is 11.4 Å². The van der Waals surface area contributed by atoms with E-state index in [9.17, 15) is 0 Å². The third-order valence-electron chi connectivity index (χ3n) is 2.68. The fraction of sp³-hybridized carbons (Fsp3) is 0.333. The average molecular weight is 188 g/mol. The van der Waals surface area contributed by atoms with Gasteiger partial charge in [-0.15, -0.1) is 0 Å². The van der Waals surface area contributed by atoms with Crippen molar-refractivity contribution in [1.82, 2.24) is 0 Å². The molecule has 0 aromatic heterocycles. The van der Waals surface area contributed by atoms with Crippen LogP contribution in [0, 0.1) is 0 Å². The summed E-state index contributed by atoms with van der Waals surface area (Å²) < 4.78 is 0. The normalized spacial score (nSPS) is 15.1. The lowest BCUT2D eigenvalue weighted by molar-refractivity contribution is 0.904. The first-order chi connectivity index (χ1) is 6.83. The van der Waals surface area contributed by atoms with E-state index in [1.165, 1.54) is 11.3 Å². The molecular weight excluding hydrogens is 172 g/mol. The summed E-state index contributed by atoms with van der Waals surface area (Å²) in [5.41, 5.74) is 9.50. The van der Waals surface area contributed by atoms with E-state index >= 15 is 0 Å². The van der Waals surface area contributed by atoms with Gasteiger partial charge >= 0.3 is 0 Å². The summed E-state index contributed by atoms with van der Waals surface area (Å²) >= 11 is 0. The van der Waals surface area contributed by atoms with Crippen molar-refractivity contribution in [3.8, 4) is 0 Å². The van der Waals surface area contributed by atoms with Gasteiger partial charge in [-0.2, -0.15) is 0 Å². The fourth-order valence-electron chi connectivity index (χ4n) is 1.98. The Morgan fingerprint density at radius 1 is 1.50 bits per heavy atom. The zero-order chi connectivity index (χ0) is 9.97. The Labute approximate surface area is 85.0 Å². The molecule has 14 heavy (non-hydrogen) atoms. The molecular formula is C12H16N2. The summed E-state index contributed by atoms with van der Waals surface area (Å²) in [5, 5.41) is 0. The lowest BCUT2D eigenvalue weighted by atomic mass is 10.1.